The van der Waals surface area contributed by atoms with Crippen molar-refractivity contribution in [3.8, 4) is 0 Å². The van der Waals surface area contributed by atoms with E-state index in [4.69, 9.17) is 5.73 Å². The second-order valence-corrected chi connectivity index (χ2v) is 3.08. The van der Waals surface area contributed by atoms with E-state index in [-0.39, 0.29) is 11.6 Å². The Kier molecular flexibility index (Phi) is 4.81. The van der Waals surface area contributed by atoms with Crippen LogP contribution in [0.15, 0.2) is 12.2 Å². The molecule has 3 nitrogen and oxygen atoms in total. The standard InChI is InChI=1S/C8H15NO.H3N/c1-5-8(3,4)6(2)7(9)10;/h2,5H2,1,3-4H3,(H2,9,10);1H3. The first kappa shape index (κ1) is 12.8. The average molecular weight is 158 g/mol. The van der Waals surface area contributed by atoms with Gasteiger partial charge in [-0.3, -0.25) is 4.79 Å². The summed E-state index contributed by atoms with van der Waals surface area (Å²) in [5.41, 5.74) is 5.42. The van der Waals surface area contributed by atoms with Crippen molar-refractivity contribution in [3.05, 3.63) is 12.2 Å². The van der Waals surface area contributed by atoms with Crippen molar-refractivity contribution in [2.45, 2.75) is 27.2 Å². The van der Waals surface area contributed by atoms with Crippen LogP contribution in [0.2, 0.25) is 0 Å². The van der Waals surface area contributed by atoms with Crippen LogP contribution < -0.4 is 11.9 Å². The fraction of sp³-hybridized carbons (Fsp3) is 0.625. The Morgan fingerprint density at radius 2 is 1.91 bits per heavy atom. The van der Waals surface area contributed by atoms with Crippen LogP contribution in [0.3, 0.4) is 0 Å². The van der Waals surface area contributed by atoms with E-state index in [9.17, 15) is 4.79 Å². The molecule has 0 saturated carbocycles. The Hall–Kier alpha value is -0.830. The first-order valence-electron chi connectivity index (χ1n) is 3.41. The Morgan fingerprint density at radius 3 is 2.00 bits per heavy atom. The molecule has 1 amide bonds. The molecule has 0 aliphatic heterocycles. The van der Waals surface area contributed by atoms with Crippen molar-refractivity contribution in [2.24, 2.45) is 11.1 Å². The molecule has 0 aromatic carbocycles. The smallest absolute Gasteiger partial charge is 0.244 e. The van der Waals surface area contributed by atoms with Gasteiger partial charge in [-0.1, -0.05) is 27.4 Å². The van der Waals surface area contributed by atoms with Gasteiger partial charge in [0.05, 0.1) is 0 Å². The molecule has 5 N–H and O–H groups in total. The lowest BCUT2D eigenvalue weighted by Crippen LogP contribution is -2.25. The molecule has 0 saturated heterocycles. The second kappa shape index (κ2) is 4.13. The monoisotopic (exact) mass is 158 g/mol. The van der Waals surface area contributed by atoms with E-state index in [1.807, 2.05) is 20.8 Å². The zero-order chi connectivity index (χ0) is 8.36. The molecule has 11 heavy (non-hydrogen) atoms. The zero-order valence-corrected chi connectivity index (χ0v) is 7.61. The van der Waals surface area contributed by atoms with Gasteiger partial charge in [0, 0.05) is 5.57 Å². The maximum Gasteiger partial charge on any atom is 0.244 e. The van der Waals surface area contributed by atoms with Gasteiger partial charge in [0.15, 0.2) is 0 Å². The van der Waals surface area contributed by atoms with Gasteiger partial charge in [-0.25, -0.2) is 0 Å². The Balaban J connectivity index is 0. The molecule has 0 aromatic heterocycles. The molecular formula is C8H18N2O. The lowest BCUT2D eigenvalue weighted by atomic mass is 9.82. The first-order chi connectivity index (χ1) is 4.41. The highest BCUT2D eigenvalue weighted by Crippen LogP contribution is 2.27. The SMILES string of the molecule is C=C(C(N)=O)C(C)(C)CC.N. The maximum absolute atomic E-state index is 10.6. The molecule has 0 radical (unpaired) electrons. The Bertz CT molecular complexity index is 161. The second-order valence-electron chi connectivity index (χ2n) is 3.08. The predicted octanol–water partition coefficient (Wildman–Crippen LogP) is 1.63. The van der Waals surface area contributed by atoms with Crippen molar-refractivity contribution in [1.82, 2.24) is 6.15 Å². The topological polar surface area (TPSA) is 78.1 Å². The molecule has 0 atom stereocenters. The minimum atomic E-state index is -0.396. The Morgan fingerprint density at radius 1 is 1.55 bits per heavy atom. The van der Waals surface area contributed by atoms with Gasteiger partial charge in [0.25, 0.3) is 0 Å². The van der Waals surface area contributed by atoms with Crippen molar-refractivity contribution < 1.29 is 4.79 Å². The van der Waals surface area contributed by atoms with Crippen molar-refractivity contribution in [2.75, 3.05) is 0 Å². The molecule has 3 heteroatoms. The summed E-state index contributed by atoms with van der Waals surface area (Å²) in [6.45, 7) is 9.55. The maximum atomic E-state index is 10.6. The summed E-state index contributed by atoms with van der Waals surface area (Å²) in [7, 11) is 0. The molecular weight excluding hydrogens is 140 g/mol. The number of primary amides is 1. The number of hydrogen-bond acceptors (Lipinski definition) is 2. The van der Waals surface area contributed by atoms with E-state index in [2.05, 4.69) is 6.58 Å². The van der Waals surface area contributed by atoms with Crippen LogP contribution in [0.4, 0.5) is 0 Å². The molecule has 0 heterocycles. The highest BCUT2D eigenvalue weighted by Gasteiger charge is 2.22. The summed E-state index contributed by atoms with van der Waals surface area (Å²) in [5.74, 6) is -0.396. The number of carbonyl (C=O) groups is 1. The fourth-order valence-electron chi connectivity index (χ4n) is 0.547. The number of rotatable bonds is 3. The summed E-state index contributed by atoms with van der Waals surface area (Å²) >= 11 is 0. The van der Waals surface area contributed by atoms with Crippen LogP contribution >= 0.6 is 0 Å². The van der Waals surface area contributed by atoms with Crippen LogP contribution in [0, 0.1) is 5.41 Å². The molecule has 0 aliphatic carbocycles. The molecule has 0 aliphatic rings. The van der Waals surface area contributed by atoms with E-state index in [1.165, 1.54) is 0 Å². The largest absolute Gasteiger partial charge is 0.366 e. The van der Waals surface area contributed by atoms with Crippen LogP contribution in [0.5, 0.6) is 0 Å². The van der Waals surface area contributed by atoms with Crippen LogP contribution in [0.25, 0.3) is 0 Å². The van der Waals surface area contributed by atoms with Crippen LogP contribution in [-0.2, 0) is 4.79 Å². The summed E-state index contributed by atoms with van der Waals surface area (Å²) < 4.78 is 0. The van der Waals surface area contributed by atoms with E-state index < -0.39 is 5.91 Å². The minimum Gasteiger partial charge on any atom is -0.366 e. The van der Waals surface area contributed by atoms with Crippen molar-refractivity contribution in [3.63, 3.8) is 0 Å². The van der Waals surface area contributed by atoms with Gasteiger partial charge in [-0.2, -0.15) is 0 Å². The van der Waals surface area contributed by atoms with Gasteiger partial charge < -0.3 is 11.9 Å². The van der Waals surface area contributed by atoms with E-state index >= 15 is 0 Å². The van der Waals surface area contributed by atoms with Crippen molar-refractivity contribution in [1.29, 1.82) is 0 Å². The molecule has 0 unspecified atom stereocenters. The molecule has 0 aromatic rings. The van der Waals surface area contributed by atoms with Gasteiger partial charge in [0.1, 0.15) is 0 Å². The third-order valence-corrected chi connectivity index (χ3v) is 2.00. The summed E-state index contributed by atoms with van der Waals surface area (Å²) in [6.07, 6.45) is 0.884. The quantitative estimate of drug-likeness (QED) is 0.612. The van der Waals surface area contributed by atoms with Crippen LogP contribution in [-0.4, -0.2) is 5.91 Å². The van der Waals surface area contributed by atoms with Crippen molar-refractivity contribution >= 4 is 5.91 Å². The van der Waals surface area contributed by atoms with Gasteiger partial charge in [-0.05, 0) is 11.8 Å². The number of nitrogens with two attached hydrogens (primary N) is 1. The molecule has 0 spiro atoms. The first-order valence-corrected chi connectivity index (χ1v) is 3.41. The summed E-state index contributed by atoms with van der Waals surface area (Å²) in [5, 5.41) is 0. The highest BCUT2D eigenvalue weighted by molar-refractivity contribution is 5.92. The van der Waals surface area contributed by atoms with E-state index in [0.717, 1.165) is 6.42 Å². The normalized spacial score (nSPS) is 10.1. The fourth-order valence-corrected chi connectivity index (χ4v) is 0.547. The third kappa shape index (κ3) is 3.18. The van der Waals surface area contributed by atoms with E-state index in [1.54, 1.807) is 0 Å². The lowest BCUT2D eigenvalue weighted by molar-refractivity contribution is -0.115. The Labute approximate surface area is 68.2 Å². The highest BCUT2D eigenvalue weighted by atomic mass is 16.1. The van der Waals surface area contributed by atoms with E-state index in [0.29, 0.717) is 5.57 Å². The number of carbonyl (C=O) groups excluding carboxylic acids is 1. The number of amides is 1. The number of hydrogen-bond donors (Lipinski definition) is 2. The van der Waals surface area contributed by atoms with Gasteiger partial charge >= 0.3 is 0 Å². The summed E-state index contributed by atoms with van der Waals surface area (Å²) in [4.78, 5) is 10.6. The average Bonchev–Trinajstić information content (AvgIpc) is 1.86. The van der Waals surface area contributed by atoms with Gasteiger partial charge in [0.2, 0.25) is 5.91 Å². The molecule has 0 fully saturated rings. The zero-order valence-electron chi connectivity index (χ0n) is 7.61. The predicted molar refractivity (Wildman–Crippen MR) is 47.4 cm³/mol. The van der Waals surface area contributed by atoms with Crippen LogP contribution in [0.1, 0.15) is 27.2 Å². The van der Waals surface area contributed by atoms with Gasteiger partial charge in [-0.15, -0.1) is 0 Å². The summed E-state index contributed by atoms with van der Waals surface area (Å²) in [6, 6.07) is 0. The molecule has 0 bridgehead atoms. The molecule has 0 rings (SSSR count). The lowest BCUT2D eigenvalue weighted by Gasteiger charge is -2.22. The molecule has 66 valence electrons. The minimum absolute atomic E-state index is 0. The third-order valence-electron chi connectivity index (χ3n) is 2.00.